The van der Waals surface area contributed by atoms with Crippen LogP contribution in [-0.2, 0) is 4.79 Å². The maximum absolute atomic E-state index is 12.4. The molecule has 1 heterocycles. The lowest BCUT2D eigenvalue weighted by Gasteiger charge is -2.26. The Morgan fingerprint density at radius 2 is 1.91 bits per heavy atom. The number of pyridine rings is 1. The van der Waals surface area contributed by atoms with Crippen molar-refractivity contribution in [1.82, 2.24) is 10.3 Å². The SMILES string of the molecule is CCC(CC)(CNC(=O)c1cccc2ncccc12)C(=O)O. The van der Waals surface area contributed by atoms with Crippen molar-refractivity contribution >= 4 is 22.8 Å². The van der Waals surface area contributed by atoms with Gasteiger partial charge >= 0.3 is 5.97 Å². The molecule has 2 rings (SSSR count). The Labute approximate surface area is 129 Å². The normalized spacial score (nSPS) is 11.4. The number of rotatable bonds is 6. The molecule has 22 heavy (non-hydrogen) atoms. The van der Waals surface area contributed by atoms with Crippen molar-refractivity contribution in [2.75, 3.05) is 6.54 Å². The number of carboxylic acid groups (broad SMARTS) is 1. The van der Waals surface area contributed by atoms with Crippen molar-refractivity contribution in [2.24, 2.45) is 5.41 Å². The van der Waals surface area contributed by atoms with Gasteiger partial charge in [0.1, 0.15) is 0 Å². The number of hydrogen-bond donors (Lipinski definition) is 2. The fraction of sp³-hybridized carbons (Fsp3) is 0.353. The van der Waals surface area contributed by atoms with Crippen molar-refractivity contribution in [1.29, 1.82) is 0 Å². The van der Waals surface area contributed by atoms with Crippen LogP contribution in [-0.4, -0.2) is 28.5 Å². The summed E-state index contributed by atoms with van der Waals surface area (Å²) in [5.41, 5.74) is 0.334. The molecule has 116 valence electrons. The van der Waals surface area contributed by atoms with Crippen LogP contribution in [0.1, 0.15) is 37.0 Å². The van der Waals surface area contributed by atoms with Crippen LogP contribution in [0.25, 0.3) is 10.9 Å². The maximum Gasteiger partial charge on any atom is 0.311 e. The van der Waals surface area contributed by atoms with Crippen molar-refractivity contribution in [3.8, 4) is 0 Å². The molecular formula is C17H20N2O3. The molecule has 5 heteroatoms. The molecule has 2 aromatic rings. The van der Waals surface area contributed by atoms with E-state index in [1.807, 2.05) is 26.0 Å². The van der Waals surface area contributed by atoms with Gasteiger partial charge in [-0.25, -0.2) is 0 Å². The average Bonchev–Trinajstić information content (AvgIpc) is 2.55. The number of carbonyl (C=O) groups is 2. The molecule has 1 aromatic heterocycles. The first-order valence-electron chi connectivity index (χ1n) is 7.39. The van der Waals surface area contributed by atoms with Gasteiger partial charge in [-0.15, -0.1) is 0 Å². The molecule has 0 aliphatic heterocycles. The smallest absolute Gasteiger partial charge is 0.311 e. The monoisotopic (exact) mass is 300 g/mol. The molecule has 0 unspecified atom stereocenters. The molecular weight excluding hydrogens is 280 g/mol. The first-order valence-corrected chi connectivity index (χ1v) is 7.39. The van der Waals surface area contributed by atoms with E-state index in [9.17, 15) is 14.7 Å². The highest BCUT2D eigenvalue weighted by Gasteiger charge is 2.35. The number of carbonyl (C=O) groups excluding carboxylic acids is 1. The number of hydrogen-bond acceptors (Lipinski definition) is 3. The molecule has 0 bridgehead atoms. The predicted molar refractivity (Wildman–Crippen MR) is 84.7 cm³/mol. The van der Waals surface area contributed by atoms with Gasteiger partial charge in [0.05, 0.1) is 10.9 Å². The average molecular weight is 300 g/mol. The third-order valence-electron chi connectivity index (χ3n) is 4.28. The van der Waals surface area contributed by atoms with E-state index in [1.54, 1.807) is 24.4 Å². The Bertz CT molecular complexity index is 688. The van der Waals surface area contributed by atoms with Gasteiger partial charge in [0.25, 0.3) is 5.91 Å². The van der Waals surface area contributed by atoms with Crippen molar-refractivity contribution in [3.05, 3.63) is 42.1 Å². The number of fused-ring (bicyclic) bond motifs is 1. The van der Waals surface area contributed by atoms with E-state index < -0.39 is 11.4 Å². The van der Waals surface area contributed by atoms with Crippen LogP contribution in [0.2, 0.25) is 0 Å². The molecule has 1 amide bonds. The summed E-state index contributed by atoms with van der Waals surface area (Å²) >= 11 is 0. The molecule has 2 N–H and O–H groups in total. The summed E-state index contributed by atoms with van der Waals surface area (Å²) in [6, 6.07) is 8.94. The largest absolute Gasteiger partial charge is 0.481 e. The molecule has 0 fully saturated rings. The number of aliphatic carboxylic acids is 1. The molecule has 5 nitrogen and oxygen atoms in total. The lowest BCUT2D eigenvalue weighted by Crippen LogP contribution is -2.42. The second-order valence-corrected chi connectivity index (χ2v) is 5.35. The maximum atomic E-state index is 12.4. The molecule has 0 aliphatic carbocycles. The van der Waals surface area contributed by atoms with Gasteiger partial charge in [-0.05, 0) is 31.0 Å². The Balaban J connectivity index is 2.23. The third kappa shape index (κ3) is 2.93. The lowest BCUT2D eigenvalue weighted by atomic mass is 9.82. The number of benzene rings is 1. The molecule has 0 saturated heterocycles. The first-order chi connectivity index (χ1) is 10.5. The van der Waals surface area contributed by atoms with E-state index in [0.29, 0.717) is 18.4 Å². The zero-order valence-corrected chi connectivity index (χ0v) is 12.8. The fourth-order valence-electron chi connectivity index (χ4n) is 2.52. The Morgan fingerprint density at radius 3 is 2.55 bits per heavy atom. The Morgan fingerprint density at radius 1 is 1.18 bits per heavy atom. The predicted octanol–water partition coefficient (Wildman–Crippen LogP) is 2.86. The first kappa shape index (κ1) is 15.9. The minimum atomic E-state index is -0.918. The Hall–Kier alpha value is -2.43. The summed E-state index contributed by atoms with van der Waals surface area (Å²) < 4.78 is 0. The molecule has 1 aromatic carbocycles. The zero-order chi connectivity index (χ0) is 16.2. The summed E-state index contributed by atoms with van der Waals surface area (Å²) in [5.74, 6) is -1.15. The van der Waals surface area contributed by atoms with Crippen LogP contribution in [0.4, 0.5) is 0 Å². The van der Waals surface area contributed by atoms with Gasteiger partial charge in [-0.1, -0.05) is 26.0 Å². The fourth-order valence-corrected chi connectivity index (χ4v) is 2.52. The zero-order valence-electron chi connectivity index (χ0n) is 12.8. The van der Waals surface area contributed by atoms with Crippen LogP contribution in [0, 0.1) is 5.41 Å². The van der Waals surface area contributed by atoms with E-state index in [-0.39, 0.29) is 12.5 Å². The van der Waals surface area contributed by atoms with Crippen LogP contribution in [0.3, 0.4) is 0 Å². The summed E-state index contributed by atoms with van der Waals surface area (Å²) in [7, 11) is 0. The second-order valence-electron chi connectivity index (χ2n) is 5.35. The second kappa shape index (κ2) is 6.56. The summed E-state index contributed by atoms with van der Waals surface area (Å²) in [6.07, 6.45) is 2.61. The highest BCUT2D eigenvalue weighted by atomic mass is 16.4. The summed E-state index contributed by atoms with van der Waals surface area (Å²) in [5, 5.41) is 12.9. The van der Waals surface area contributed by atoms with E-state index in [2.05, 4.69) is 10.3 Å². The number of amides is 1. The van der Waals surface area contributed by atoms with E-state index in [1.165, 1.54) is 0 Å². The van der Waals surface area contributed by atoms with Crippen molar-refractivity contribution in [2.45, 2.75) is 26.7 Å². The van der Waals surface area contributed by atoms with Crippen LogP contribution in [0.5, 0.6) is 0 Å². The van der Waals surface area contributed by atoms with Gasteiger partial charge in [-0.2, -0.15) is 0 Å². The quantitative estimate of drug-likeness (QED) is 0.859. The van der Waals surface area contributed by atoms with E-state index in [0.717, 1.165) is 10.9 Å². The van der Waals surface area contributed by atoms with Gasteiger partial charge in [-0.3, -0.25) is 14.6 Å². The Kier molecular flexibility index (Phi) is 4.75. The minimum Gasteiger partial charge on any atom is -0.481 e. The number of carboxylic acids is 1. The van der Waals surface area contributed by atoms with Gasteiger partial charge < -0.3 is 10.4 Å². The lowest BCUT2D eigenvalue weighted by molar-refractivity contribution is -0.149. The van der Waals surface area contributed by atoms with E-state index >= 15 is 0 Å². The van der Waals surface area contributed by atoms with Crippen LogP contribution < -0.4 is 5.32 Å². The van der Waals surface area contributed by atoms with Crippen molar-refractivity contribution in [3.63, 3.8) is 0 Å². The minimum absolute atomic E-state index is 0.116. The number of nitrogens with one attached hydrogen (secondary N) is 1. The molecule has 0 spiro atoms. The molecule has 0 atom stereocenters. The van der Waals surface area contributed by atoms with Crippen LogP contribution in [0.15, 0.2) is 36.5 Å². The summed E-state index contributed by atoms with van der Waals surface area (Å²) in [4.78, 5) is 28.1. The number of nitrogens with zero attached hydrogens (tertiary/aromatic N) is 1. The topological polar surface area (TPSA) is 79.3 Å². The van der Waals surface area contributed by atoms with Gasteiger partial charge in [0.2, 0.25) is 0 Å². The third-order valence-corrected chi connectivity index (χ3v) is 4.28. The highest BCUT2D eigenvalue weighted by molar-refractivity contribution is 6.06. The summed E-state index contributed by atoms with van der Waals surface area (Å²) in [6.45, 7) is 3.77. The highest BCUT2D eigenvalue weighted by Crippen LogP contribution is 2.26. The van der Waals surface area contributed by atoms with Gasteiger partial charge in [0.15, 0.2) is 0 Å². The van der Waals surface area contributed by atoms with E-state index in [4.69, 9.17) is 0 Å². The molecule has 0 aliphatic rings. The van der Waals surface area contributed by atoms with Gasteiger partial charge in [0, 0.05) is 23.7 Å². The number of aromatic nitrogens is 1. The van der Waals surface area contributed by atoms with Crippen LogP contribution >= 0.6 is 0 Å². The molecule has 0 radical (unpaired) electrons. The molecule has 0 saturated carbocycles. The van der Waals surface area contributed by atoms with Crippen molar-refractivity contribution < 1.29 is 14.7 Å². The standard InChI is InChI=1S/C17H20N2O3/c1-3-17(4-2,16(21)22)11-19-15(20)13-7-5-9-14-12(13)8-6-10-18-14/h5-10H,3-4,11H2,1-2H3,(H,19,20)(H,21,22).